The molecular weight excluding hydrogens is 483 g/mol. The average molecular weight is 509 g/mol. The summed E-state index contributed by atoms with van der Waals surface area (Å²) in [6.45, 7) is 5.90. The molecule has 0 spiro atoms. The van der Waals surface area contributed by atoms with Crippen LogP contribution in [0.15, 0.2) is 72.8 Å². The van der Waals surface area contributed by atoms with Crippen molar-refractivity contribution >= 4 is 29.2 Å². The maximum absolute atomic E-state index is 13.4. The number of methoxy groups -OCH3 is 1. The highest BCUT2D eigenvalue weighted by molar-refractivity contribution is 6.42. The van der Waals surface area contributed by atoms with E-state index < -0.39 is 5.41 Å². The van der Waals surface area contributed by atoms with Crippen molar-refractivity contribution in [3.63, 3.8) is 0 Å². The van der Waals surface area contributed by atoms with Gasteiger partial charge in [-0.15, -0.1) is 0 Å². The molecule has 0 radical (unpaired) electrons. The molecule has 1 atom stereocenters. The molecule has 35 heavy (non-hydrogen) atoms. The number of ether oxygens (including phenoxy) is 2. The van der Waals surface area contributed by atoms with Crippen molar-refractivity contribution in [2.75, 3.05) is 13.7 Å². The molecule has 0 aliphatic heterocycles. The van der Waals surface area contributed by atoms with Gasteiger partial charge in [0, 0.05) is 5.56 Å². The summed E-state index contributed by atoms with van der Waals surface area (Å²) in [5, 5.41) is 5.84. The highest BCUT2D eigenvalue weighted by Crippen LogP contribution is 2.38. The zero-order chi connectivity index (χ0) is 25.2. The topological polar surface area (TPSA) is 53.4 Å². The largest absolute Gasteiger partial charge is 0.497 e. The monoisotopic (exact) mass is 508 g/mol. The molecule has 4 aromatic rings. The first-order valence-corrected chi connectivity index (χ1v) is 12.0. The SMILES string of the molecule is CCOC(=O)C(C)(c1cccc(C)c1)c1cc(-c2ccc(Cl)c(Cl)c2)n(-c2ccc(OC)cc2)n1. The van der Waals surface area contributed by atoms with Gasteiger partial charge in [-0.05, 0) is 68.8 Å². The van der Waals surface area contributed by atoms with Gasteiger partial charge in [-0.2, -0.15) is 5.10 Å². The predicted octanol–water partition coefficient (Wildman–Crippen LogP) is 7.03. The van der Waals surface area contributed by atoms with Gasteiger partial charge in [0.05, 0.1) is 40.8 Å². The van der Waals surface area contributed by atoms with Gasteiger partial charge in [-0.25, -0.2) is 4.68 Å². The molecule has 0 aliphatic carbocycles. The molecule has 1 heterocycles. The minimum absolute atomic E-state index is 0.263. The van der Waals surface area contributed by atoms with Crippen LogP contribution in [0.3, 0.4) is 0 Å². The van der Waals surface area contributed by atoms with E-state index >= 15 is 0 Å². The van der Waals surface area contributed by atoms with E-state index in [1.807, 2.05) is 74.5 Å². The standard InChI is InChI=1S/C28H26Cl2N2O3/c1-5-35-27(33)28(3,20-8-6-7-18(2)15-20)26-17-25(19-9-14-23(29)24(30)16-19)32(31-26)21-10-12-22(34-4)13-11-21/h6-17H,5H2,1-4H3. The van der Waals surface area contributed by atoms with Crippen molar-refractivity contribution < 1.29 is 14.3 Å². The number of rotatable bonds is 7. The van der Waals surface area contributed by atoms with Crippen LogP contribution < -0.4 is 4.74 Å². The highest BCUT2D eigenvalue weighted by atomic mass is 35.5. The number of esters is 1. The number of hydrogen-bond acceptors (Lipinski definition) is 4. The van der Waals surface area contributed by atoms with Gasteiger partial charge in [0.2, 0.25) is 0 Å². The van der Waals surface area contributed by atoms with Crippen LogP contribution >= 0.6 is 23.2 Å². The third kappa shape index (κ3) is 4.79. The molecule has 0 saturated carbocycles. The Hall–Kier alpha value is -3.28. The predicted molar refractivity (Wildman–Crippen MR) is 140 cm³/mol. The second-order valence-corrected chi connectivity index (χ2v) is 9.18. The number of carbonyl (C=O) groups excluding carboxylic acids is 1. The van der Waals surface area contributed by atoms with Crippen molar-refractivity contribution in [1.29, 1.82) is 0 Å². The summed E-state index contributed by atoms with van der Waals surface area (Å²) in [5.74, 6) is 0.360. The van der Waals surface area contributed by atoms with Gasteiger partial charge in [0.15, 0.2) is 0 Å². The Morgan fingerprint density at radius 3 is 2.37 bits per heavy atom. The molecule has 0 bridgehead atoms. The van der Waals surface area contributed by atoms with Crippen LogP contribution in [0.4, 0.5) is 0 Å². The minimum Gasteiger partial charge on any atom is -0.497 e. The number of nitrogens with zero attached hydrogens (tertiary/aromatic N) is 2. The lowest BCUT2D eigenvalue weighted by atomic mass is 9.78. The lowest BCUT2D eigenvalue weighted by Gasteiger charge is -2.26. The summed E-state index contributed by atoms with van der Waals surface area (Å²) in [5.41, 5.74) is 3.63. The number of aryl methyl sites for hydroxylation is 1. The number of benzene rings is 3. The molecule has 4 rings (SSSR count). The first kappa shape index (κ1) is 24.8. The molecular formula is C28H26Cl2N2O3. The summed E-state index contributed by atoms with van der Waals surface area (Å²) in [7, 11) is 1.62. The summed E-state index contributed by atoms with van der Waals surface area (Å²) < 4.78 is 12.6. The Morgan fingerprint density at radius 2 is 1.74 bits per heavy atom. The van der Waals surface area contributed by atoms with Gasteiger partial charge < -0.3 is 9.47 Å². The molecule has 0 aliphatic rings. The van der Waals surface area contributed by atoms with Crippen molar-refractivity contribution in [2.24, 2.45) is 0 Å². The van der Waals surface area contributed by atoms with Crippen molar-refractivity contribution in [3.8, 4) is 22.7 Å². The fraction of sp³-hybridized carbons (Fsp3) is 0.214. The molecule has 5 nitrogen and oxygen atoms in total. The van der Waals surface area contributed by atoms with Gasteiger partial charge >= 0.3 is 5.97 Å². The van der Waals surface area contributed by atoms with E-state index in [1.54, 1.807) is 30.8 Å². The molecule has 180 valence electrons. The molecule has 0 saturated heterocycles. The molecule has 1 unspecified atom stereocenters. The van der Waals surface area contributed by atoms with Crippen LogP contribution in [0.2, 0.25) is 10.0 Å². The van der Waals surface area contributed by atoms with E-state index in [1.165, 1.54) is 0 Å². The Kier molecular flexibility index (Phi) is 7.20. The summed E-state index contributed by atoms with van der Waals surface area (Å²) >= 11 is 12.5. The Morgan fingerprint density at radius 1 is 1.00 bits per heavy atom. The van der Waals surface area contributed by atoms with E-state index in [0.717, 1.165) is 33.8 Å². The second-order valence-electron chi connectivity index (χ2n) is 8.37. The summed E-state index contributed by atoms with van der Waals surface area (Å²) in [6, 6.07) is 22.7. The van der Waals surface area contributed by atoms with Gasteiger partial charge in [-0.1, -0.05) is 59.1 Å². The third-order valence-electron chi connectivity index (χ3n) is 6.03. The van der Waals surface area contributed by atoms with Crippen LogP contribution in [0, 0.1) is 6.92 Å². The third-order valence-corrected chi connectivity index (χ3v) is 6.77. The number of hydrogen-bond donors (Lipinski definition) is 0. The fourth-order valence-electron chi connectivity index (χ4n) is 4.01. The minimum atomic E-state index is -1.13. The Bertz CT molecular complexity index is 1370. The first-order chi connectivity index (χ1) is 16.8. The molecule has 0 N–H and O–H groups in total. The number of carbonyl (C=O) groups is 1. The second kappa shape index (κ2) is 10.1. The normalized spacial score (nSPS) is 12.7. The maximum Gasteiger partial charge on any atom is 0.322 e. The highest BCUT2D eigenvalue weighted by Gasteiger charge is 2.42. The summed E-state index contributed by atoms with van der Waals surface area (Å²) in [4.78, 5) is 13.4. The molecule has 3 aromatic carbocycles. The van der Waals surface area contributed by atoms with Gasteiger partial charge in [0.25, 0.3) is 0 Å². The van der Waals surface area contributed by atoms with Crippen molar-refractivity contribution in [1.82, 2.24) is 9.78 Å². The van der Waals surface area contributed by atoms with E-state index in [0.29, 0.717) is 15.7 Å². The summed E-state index contributed by atoms with van der Waals surface area (Å²) in [6.07, 6.45) is 0. The molecule has 0 amide bonds. The van der Waals surface area contributed by atoms with E-state index in [4.69, 9.17) is 37.8 Å². The average Bonchev–Trinajstić information content (AvgIpc) is 3.31. The first-order valence-electron chi connectivity index (χ1n) is 11.2. The molecule has 1 aromatic heterocycles. The zero-order valence-corrected chi connectivity index (χ0v) is 21.5. The van der Waals surface area contributed by atoms with Crippen molar-refractivity contribution in [2.45, 2.75) is 26.2 Å². The van der Waals surface area contributed by atoms with E-state index in [-0.39, 0.29) is 12.6 Å². The smallest absolute Gasteiger partial charge is 0.322 e. The van der Waals surface area contributed by atoms with Crippen LogP contribution in [-0.2, 0) is 14.9 Å². The van der Waals surface area contributed by atoms with Crippen LogP contribution in [0.25, 0.3) is 16.9 Å². The Labute approximate surface area is 215 Å². The lowest BCUT2D eigenvalue weighted by molar-refractivity contribution is -0.148. The Balaban J connectivity index is 1.97. The van der Waals surface area contributed by atoms with E-state index in [9.17, 15) is 4.79 Å². The van der Waals surface area contributed by atoms with Crippen LogP contribution in [0.5, 0.6) is 5.75 Å². The van der Waals surface area contributed by atoms with Gasteiger partial charge in [-0.3, -0.25) is 4.79 Å². The molecule has 7 heteroatoms. The fourth-order valence-corrected chi connectivity index (χ4v) is 4.31. The molecule has 0 fully saturated rings. The quantitative estimate of drug-likeness (QED) is 0.251. The van der Waals surface area contributed by atoms with Crippen LogP contribution in [0.1, 0.15) is 30.7 Å². The van der Waals surface area contributed by atoms with Crippen molar-refractivity contribution in [3.05, 3.63) is 99.7 Å². The lowest BCUT2D eigenvalue weighted by Crippen LogP contribution is -2.36. The number of halogens is 2. The van der Waals surface area contributed by atoms with Crippen LogP contribution in [-0.4, -0.2) is 29.5 Å². The maximum atomic E-state index is 13.4. The number of aromatic nitrogens is 2. The van der Waals surface area contributed by atoms with E-state index in [2.05, 4.69) is 0 Å². The zero-order valence-electron chi connectivity index (χ0n) is 20.0. The van der Waals surface area contributed by atoms with Gasteiger partial charge in [0.1, 0.15) is 11.2 Å².